The van der Waals surface area contributed by atoms with Gasteiger partial charge in [-0.15, -0.1) is 0 Å². The summed E-state index contributed by atoms with van der Waals surface area (Å²) in [6.45, 7) is 1.44. The molecule has 0 aromatic heterocycles. The van der Waals surface area contributed by atoms with Crippen molar-refractivity contribution in [1.82, 2.24) is 0 Å². The maximum absolute atomic E-state index is 14.6. The average molecular weight is 281 g/mol. The Hall–Kier alpha value is -2.21. The summed E-state index contributed by atoms with van der Waals surface area (Å²) in [7, 11) is 0. The number of hydrogen-bond acceptors (Lipinski definition) is 2. The van der Waals surface area contributed by atoms with Crippen molar-refractivity contribution in [2.75, 3.05) is 0 Å². The van der Waals surface area contributed by atoms with E-state index in [9.17, 15) is 14.4 Å². The van der Waals surface area contributed by atoms with E-state index in [-0.39, 0.29) is 11.6 Å². The molecule has 1 aromatic rings. The van der Waals surface area contributed by atoms with Gasteiger partial charge in [-0.2, -0.15) is 5.26 Å². The van der Waals surface area contributed by atoms with Crippen LogP contribution in [0.5, 0.6) is 0 Å². The lowest BCUT2D eigenvalue weighted by Gasteiger charge is -2.33. The van der Waals surface area contributed by atoms with E-state index in [1.165, 1.54) is 13.0 Å². The van der Waals surface area contributed by atoms with Gasteiger partial charge in [-0.3, -0.25) is 4.79 Å². The molecular formula is C18H16FNO. The highest BCUT2D eigenvalue weighted by molar-refractivity contribution is 5.89. The van der Waals surface area contributed by atoms with E-state index in [1.54, 1.807) is 12.2 Å². The molecule has 2 aliphatic rings. The Morgan fingerprint density at radius 2 is 2.00 bits per heavy atom. The second kappa shape index (κ2) is 4.66. The molecule has 0 spiro atoms. The highest BCUT2D eigenvalue weighted by Gasteiger charge is 2.61. The van der Waals surface area contributed by atoms with Gasteiger partial charge in [0.25, 0.3) is 0 Å². The van der Waals surface area contributed by atoms with Gasteiger partial charge in [-0.1, -0.05) is 42.5 Å². The number of rotatable bonds is 3. The zero-order valence-electron chi connectivity index (χ0n) is 11.8. The summed E-state index contributed by atoms with van der Waals surface area (Å²) < 4.78 is 14.6. The molecule has 0 bridgehead atoms. The number of allylic oxidation sites excluding steroid dienone is 4. The molecule has 0 N–H and O–H groups in total. The van der Waals surface area contributed by atoms with E-state index in [0.29, 0.717) is 12.8 Å². The van der Waals surface area contributed by atoms with Gasteiger partial charge in [0.1, 0.15) is 11.6 Å². The van der Waals surface area contributed by atoms with Crippen LogP contribution < -0.4 is 0 Å². The Morgan fingerprint density at radius 1 is 1.33 bits per heavy atom. The van der Waals surface area contributed by atoms with E-state index < -0.39 is 16.7 Å². The molecule has 3 rings (SSSR count). The zero-order chi connectivity index (χ0) is 15.1. The first kappa shape index (κ1) is 13.8. The summed E-state index contributed by atoms with van der Waals surface area (Å²) in [5.41, 5.74) is -1.01. The van der Waals surface area contributed by atoms with Gasteiger partial charge in [-0.05, 0) is 31.4 Å². The number of benzene rings is 1. The second-order valence-corrected chi connectivity index (χ2v) is 5.90. The summed E-state index contributed by atoms with van der Waals surface area (Å²) in [5.74, 6) is -0.979. The average Bonchev–Trinajstić information content (AvgIpc) is 3.29. The van der Waals surface area contributed by atoms with Crippen molar-refractivity contribution in [3.05, 3.63) is 60.0 Å². The van der Waals surface area contributed by atoms with Crippen LogP contribution in [-0.2, 0) is 4.79 Å². The molecule has 0 radical (unpaired) electrons. The SMILES string of the molecule is CC(=O)C1(C2(C#N)CC2)C=CC(c2ccccc2)C(F)=C1. The van der Waals surface area contributed by atoms with Crippen LogP contribution in [0.2, 0.25) is 0 Å². The molecule has 0 aliphatic heterocycles. The van der Waals surface area contributed by atoms with Gasteiger partial charge < -0.3 is 0 Å². The lowest BCUT2D eigenvalue weighted by atomic mass is 9.66. The van der Waals surface area contributed by atoms with Crippen molar-refractivity contribution < 1.29 is 9.18 Å². The number of halogens is 1. The Morgan fingerprint density at radius 3 is 2.48 bits per heavy atom. The molecule has 2 unspecified atom stereocenters. The van der Waals surface area contributed by atoms with Crippen LogP contribution in [0.4, 0.5) is 4.39 Å². The minimum absolute atomic E-state index is 0.167. The fraction of sp³-hybridized carbons (Fsp3) is 0.333. The summed E-state index contributed by atoms with van der Waals surface area (Å²) in [6, 6.07) is 11.6. The molecule has 1 aromatic carbocycles. The molecule has 21 heavy (non-hydrogen) atoms. The minimum Gasteiger partial charge on any atom is -0.299 e. The fourth-order valence-corrected chi connectivity index (χ4v) is 3.22. The normalized spacial score (nSPS) is 29.4. The summed E-state index contributed by atoms with van der Waals surface area (Å²) >= 11 is 0. The maximum atomic E-state index is 14.6. The van der Waals surface area contributed by atoms with E-state index in [4.69, 9.17) is 0 Å². The molecule has 3 heteroatoms. The number of ketones is 1. The number of Topliss-reactive ketones (excluding diaryl/α,β-unsaturated/α-hetero) is 1. The molecular weight excluding hydrogens is 265 g/mol. The van der Waals surface area contributed by atoms with E-state index in [1.807, 2.05) is 30.3 Å². The van der Waals surface area contributed by atoms with Gasteiger partial charge in [-0.25, -0.2) is 4.39 Å². The van der Waals surface area contributed by atoms with Crippen LogP contribution in [0.15, 0.2) is 54.4 Å². The van der Waals surface area contributed by atoms with E-state index in [2.05, 4.69) is 6.07 Å². The van der Waals surface area contributed by atoms with E-state index >= 15 is 0 Å². The van der Waals surface area contributed by atoms with Gasteiger partial charge >= 0.3 is 0 Å². The number of carbonyl (C=O) groups is 1. The molecule has 1 fully saturated rings. The largest absolute Gasteiger partial charge is 0.299 e. The lowest BCUT2D eigenvalue weighted by molar-refractivity contribution is -0.124. The molecule has 1 saturated carbocycles. The smallest absolute Gasteiger partial charge is 0.145 e. The first-order chi connectivity index (χ1) is 10.0. The first-order valence-corrected chi connectivity index (χ1v) is 7.09. The highest BCUT2D eigenvalue weighted by Crippen LogP contribution is 2.62. The number of nitrogens with zero attached hydrogens (tertiary/aromatic N) is 1. The van der Waals surface area contributed by atoms with Crippen molar-refractivity contribution >= 4 is 5.78 Å². The summed E-state index contributed by atoms with van der Waals surface area (Å²) in [5, 5.41) is 9.40. The van der Waals surface area contributed by atoms with Gasteiger partial charge in [0.15, 0.2) is 0 Å². The van der Waals surface area contributed by atoms with Crippen LogP contribution >= 0.6 is 0 Å². The molecule has 0 saturated heterocycles. The maximum Gasteiger partial charge on any atom is 0.145 e. The highest BCUT2D eigenvalue weighted by atomic mass is 19.1. The lowest BCUT2D eigenvalue weighted by Crippen LogP contribution is -2.36. The molecule has 2 atom stereocenters. The topological polar surface area (TPSA) is 40.9 Å². The van der Waals surface area contributed by atoms with Crippen molar-refractivity contribution in [2.24, 2.45) is 10.8 Å². The Bertz CT molecular complexity index is 679. The van der Waals surface area contributed by atoms with E-state index in [0.717, 1.165) is 5.56 Å². The predicted octanol–water partition coefficient (Wildman–Crippen LogP) is 4.07. The quantitative estimate of drug-likeness (QED) is 0.783. The molecule has 0 amide bonds. The monoisotopic (exact) mass is 281 g/mol. The minimum atomic E-state index is -1.10. The standard InChI is InChI=1S/C18H16FNO/c1-13(21)18(17(12-20)9-10-17)8-7-15(16(19)11-18)14-5-3-2-4-6-14/h2-8,11,15H,9-10H2,1H3. The zero-order valence-corrected chi connectivity index (χ0v) is 11.8. The third-order valence-electron chi connectivity index (χ3n) is 4.71. The number of nitriles is 1. The third-order valence-corrected chi connectivity index (χ3v) is 4.71. The van der Waals surface area contributed by atoms with Crippen molar-refractivity contribution in [3.63, 3.8) is 0 Å². The molecule has 0 heterocycles. The summed E-state index contributed by atoms with van der Waals surface area (Å²) in [4.78, 5) is 12.1. The first-order valence-electron chi connectivity index (χ1n) is 7.09. The van der Waals surface area contributed by atoms with Gasteiger partial charge in [0.05, 0.1) is 22.8 Å². The molecule has 2 nitrogen and oxygen atoms in total. The molecule has 2 aliphatic carbocycles. The van der Waals surface area contributed by atoms with Gasteiger partial charge in [0, 0.05) is 0 Å². The van der Waals surface area contributed by atoms with Crippen molar-refractivity contribution in [3.8, 4) is 6.07 Å². The van der Waals surface area contributed by atoms with Crippen LogP contribution in [0.25, 0.3) is 0 Å². The Kier molecular flexibility index (Phi) is 3.06. The van der Waals surface area contributed by atoms with Crippen LogP contribution in [0, 0.1) is 22.2 Å². The predicted molar refractivity (Wildman–Crippen MR) is 77.9 cm³/mol. The van der Waals surface area contributed by atoms with Crippen LogP contribution in [-0.4, -0.2) is 5.78 Å². The number of carbonyl (C=O) groups excluding carboxylic acids is 1. The Balaban J connectivity index is 2.03. The van der Waals surface area contributed by atoms with Crippen LogP contribution in [0.3, 0.4) is 0 Å². The summed E-state index contributed by atoms with van der Waals surface area (Å²) in [6.07, 6.45) is 6.14. The molecule has 106 valence electrons. The fourth-order valence-electron chi connectivity index (χ4n) is 3.22. The number of hydrogen-bond donors (Lipinski definition) is 0. The van der Waals surface area contributed by atoms with Gasteiger partial charge in [0.2, 0.25) is 0 Å². The van der Waals surface area contributed by atoms with Crippen molar-refractivity contribution in [2.45, 2.75) is 25.7 Å². The third kappa shape index (κ3) is 1.94. The van der Waals surface area contributed by atoms with Crippen molar-refractivity contribution in [1.29, 1.82) is 5.26 Å². The second-order valence-electron chi connectivity index (χ2n) is 5.90. The van der Waals surface area contributed by atoms with Crippen LogP contribution in [0.1, 0.15) is 31.2 Å². The Labute approximate surface area is 123 Å².